The number of hydrogen-bond acceptors (Lipinski definition) is 3. The molecule has 0 unspecified atom stereocenters. The lowest BCUT2D eigenvalue weighted by Gasteiger charge is -2.16. The number of nitrogens with two attached hydrogens (primary N) is 1. The highest BCUT2D eigenvalue weighted by molar-refractivity contribution is 9.11. The van der Waals surface area contributed by atoms with E-state index < -0.39 is 10.0 Å². The summed E-state index contributed by atoms with van der Waals surface area (Å²) in [6.45, 7) is 0.545. The molecule has 0 amide bonds. The maximum Gasteiger partial charge on any atom is 0.242 e. The van der Waals surface area contributed by atoms with Gasteiger partial charge in [-0.25, -0.2) is 13.1 Å². The largest absolute Gasteiger partial charge is 0.399 e. The van der Waals surface area contributed by atoms with Gasteiger partial charge in [0.15, 0.2) is 0 Å². The van der Waals surface area contributed by atoms with Crippen LogP contribution in [0.15, 0.2) is 26.0 Å². The SMILES string of the molecule is Nc1cc(Br)c(S(=O)(=O)NCC2(C3CC3)CC2)c(Br)c1. The average molecular weight is 424 g/mol. The second-order valence-corrected chi connectivity index (χ2v) is 9.19. The van der Waals surface area contributed by atoms with Crippen molar-refractivity contribution < 1.29 is 8.42 Å². The summed E-state index contributed by atoms with van der Waals surface area (Å²) in [5, 5.41) is 0. The van der Waals surface area contributed by atoms with E-state index in [0.717, 1.165) is 18.8 Å². The van der Waals surface area contributed by atoms with Crippen molar-refractivity contribution in [2.75, 3.05) is 12.3 Å². The minimum Gasteiger partial charge on any atom is -0.399 e. The summed E-state index contributed by atoms with van der Waals surface area (Å²) in [7, 11) is -3.54. The Morgan fingerprint density at radius 1 is 1.25 bits per heavy atom. The lowest BCUT2D eigenvalue weighted by Crippen LogP contribution is -2.31. The van der Waals surface area contributed by atoms with Crippen LogP contribution in [0.2, 0.25) is 0 Å². The summed E-state index contributed by atoms with van der Waals surface area (Å²) in [6, 6.07) is 3.21. The zero-order valence-corrected chi connectivity index (χ0v) is 14.8. The molecule has 0 radical (unpaired) electrons. The molecule has 4 nitrogen and oxygen atoms in total. The summed E-state index contributed by atoms with van der Waals surface area (Å²) < 4.78 is 28.7. The van der Waals surface area contributed by atoms with Gasteiger partial charge in [-0.2, -0.15) is 0 Å². The summed E-state index contributed by atoms with van der Waals surface area (Å²) in [6.07, 6.45) is 4.78. The second kappa shape index (κ2) is 4.97. The van der Waals surface area contributed by atoms with Gasteiger partial charge in [0.05, 0.1) is 0 Å². The van der Waals surface area contributed by atoms with E-state index in [-0.39, 0.29) is 10.3 Å². The molecule has 0 bridgehead atoms. The fourth-order valence-corrected chi connectivity index (χ4v) is 6.49. The Morgan fingerprint density at radius 2 is 1.80 bits per heavy atom. The van der Waals surface area contributed by atoms with Crippen molar-refractivity contribution in [3.05, 3.63) is 21.1 Å². The van der Waals surface area contributed by atoms with Crippen molar-refractivity contribution in [2.24, 2.45) is 11.3 Å². The van der Waals surface area contributed by atoms with E-state index in [9.17, 15) is 8.42 Å². The molecule has 3 rings (SSSR count). The first-order chi connectivity index (χ1) is 9.34. The normalized spacial score (nSPS) is 20.9. The van der Waals surface area contributed by atoms with Crippen molar-refractivity contribution in [1.29, 1.82) is 0 Å². The predicted molar refractivity (Wildman–Crippen MR) is 85.8 cm³/mol. The van der Waals surface area contributed by atoms with E-state index in [0.29, 0.717) is 21.2 Å². The van der Waals surface area contributed by atoms with Gasteiger partial charge >= 0.3 is 0 Å². The summed E-state index contributed by atoms with van der Waals surface area (Å²) >= 11 is 6.56. The molecule has 0 saturated heterocycles. The number of hydrogen-bond donors (Lipinski definition) is 2. The molecule has 0 aliphatic heterocycles. The van der Waals surface area contributed by atoms with Crippen LogP contribution in [0.3, 0.4) is 0 Å². The minimum atomic E-state index is -3.54. The predicted octanol–water partition coefficient (Wildman–Crippen LogP) is 3.26. The van der Waals surface area contributed by atoms with Gasteiger partial charge in [-0.1, -0.05) is 0 Å². The fourth-order valence-electron chi connectivity index (χ4n) is 2.73. The summed E-state index contributed by atoms with van der Waals surface area (Å²) in [4.78, 5) is 0.221. The lowest BCUT2D eigenvalue weighted by atomic mass is 10.0. The molecular formula is C13H16Br2N2O2S. The molecule has 1 aromatic carbocycles. The third kappa shape index (κ3) is 2.77. The van der Waals surface area contributed by atoms with E-state index >= 15 is 0 Å². The van der Waals surface area contributed by atoms with Crippen molar-refractivity contribution >= 4 is 47.6 Å². The van der Waals surface area contributed by atoms with Gasteiger partial charge < -0.3 is 5.73 Å². The van der Waals surface area contributed by atoms with Gasteiger partial charge in [-0.05, 0) is 81.0 Å². The first kappa shape index (κ1) is 14.8. The molecule has 7 heteroatoms. The molecule has 20 heavy (non-hydrogen) atoms. The Morgan fingerprint density at radius 3 is 2.25 bits per heavy atom. The van der Waals surface area contributed by atoms with Crippen LogP contribution >= 0.6 is 31.9 Å². The lowest BCUT2D eigenvalue weighted by molar-refractivity contribution is 0.431. The van der Waals surface area contributed by atoms with Crippen molar-refractivity contribution in [3.63, 3.8) is 0 Å². The van der Waals surface area contributed by atoms with Crippen LogP contribution in [-0.2, 0) is 10.0 Å². The zero-order chi connectivity index (χ0) is 14.5. The topological polar surface area (TPSA) is 72.2 Å². The number of anilines is 1. The highest BCUT2D eigenvalue weighted by atomic mass is 79.9. The van der Waals surface area contributed by atoms with Gasteiger partial charge in [-0.15, -0.1) is 0 Å². The number of nitrogens with one attached hydrogen (secondary N) is 1. The van der Waals surface area contributed by atoms with Crippen molar-refractivity contribution in [1.82, 2.24) is 4.72 Å². The number of benzene rings is 1. The molecule has 3 N–H and O–H groups in total. The van der Waals surface area contributed by atoms with E-state index in [1.54, 1.807) is 12.1 Å². The van der Waals surface area contributed by atoms with E-state index in [2.05, 4.69) is 36.6 Å². The molecule has 2 aliphatic carbocycles. The Hall–Kier alpha value is -0.110. The smallest absolute Gasteiger partial charge is 0.242 e. The van der Waals surface area contributed by atoms with Crippen LogP contribution in [0.5, 0.6) is 0 Å². The Balaban J connectivity index is 1.81. The van der Waals surface area contributed by atoms with Gasteiger partial charge in [0.2, 0.25) is 10.0 Å². The summed E-state index contributed by atoms with van der Waals surface area (Å²) in [5.74, 6) is 0.725. The van der Waals surface area contributed by atoms with Crippen molar-refractivity contribution in [3.8, 4) is 0 Å². The molecule has 0 spiro atoms. The van der Waals surface area contributed by atoms with Crippen LogP contribution < -0.4 is 10.5 Å². The van der Waals surface area contributed by atoms with Crippen LogP contribution in [-0.4, -0.2) is 15.0 Å². The third-order valence-corrected chi connectivity index (χ3v) is 7.52. The highest BCUT2D eigenvalue weighted by Crippen LogP contribution is 2.60. The van der Waals surface area contributed by atoms with Crippen LogP contribution in [0, 0.1) is 11.3 Å². The van der Waals surface area contributed by atoms with Crippen LogP contribution in [0.25, 0.3) is 0 Å². The number of rotatable bonds is 5. The van der Waals surface area contributed by atoms with Crippen LogP contribution in [0.4, 0.5) is 5.69 Å². The molecule has 2 saturated carbocycles. The Kier molecular flexibility index (Phi) is 3.68. The van der Waals surface area contributed by atoms with Gasteiger partial charge in [0.25, 0.3) is 0 Å². The van der Waals surface area contributed by atoms with Crippen molar-refractivity contribution in [2.45, 2.75) is 30.6 Å². The standard InChI is InChI=1S/C13H16Br2N2O2S/c14-10-5-9(16)6-11(15)12(10)20(18,19)17-7-13(3-4-13)8-1-2-8/h5-6,8,17H,1-4,7,16H2. The maximum atomic E-state index is 12.5. The first-order valence-corrected chi connectivity index (χ1v) is 9.65. The van der Waals surface area contributed by atoms with E-state index in [1.165, 1.54) is 12.8 Å². The van der Waals surface area contributed by atoms with Crippen LogP contribution in [0.1, 0.15) is 25.7 Å². The first-order valence-electron chi connectivity index (χ1n) is 6.58. The molecular weight excluding hydrogens is 408 g/mol. The second-order valence-electron chi connectivity index (χ2n) is 5.77. The van der Waals surface area contributed by atoms with Gasteiger partial charge in [-0.3, -0.25) is 0 Å². The highest BCUT2D eigenvalue weighted by Gasteiger charge is 2.53. The molecule has 0 heterocycles. The fraction of sp³-hybridized carbons (Fsp3) is 0.538. The number of nitrogen functional groups attached to an aromatic ring is 1. The molecule has 2 fully saturated rings. The molecule has 110 valence electrons. The molecule has 0 aromatic heterocycles. The van der Waals surface area contributed by atoms with E-state index in [1.807, 2.05) is 0 Å². The Labute approximate surface area is 135 Å². The average Bonchev–Trinajstić information content (AvgIpc) is 3.18. The third-order valence-electron chi connectivity index (χ3n) is 4.24. The number of halogens is 2. The molecule has 2 aliphatic rings. The number of sulfonamides is 1. The Bertz CT molecular complexity index is 629. The summed E-state index contributed by atoms with van der Waals surface area (Å²) in [5.41, 5.74) is 6.45. The van der Waals surface area contributed by atoms with Gasteiger partial charge in [0, 0.05) is 21.2 Å². The molecule has 0 atom stereocenters. The minimum absolute atomic E-state index is 0.221. The van der Waals surface area contributed by atoms with Gasteiger partial charge in [0.1, 0.15) is 4.90 Å². The molecule has 1 aromatic rings. The van der Waals surface area contributed by atoms with E-state index in [4.69, 9.17) is 5.73 Å². The maximum absolute atomic E-state index is 12.5. The zero-order valence-electron chi connectivity index (χ0n) is 10.8. The monoisotopic (exact) mass is 422 g/mol. The quantitative estimate of drug-likeness (QED) is 0.713.